The van der Waals surface area contributed by atoms with Gasteiger partial charge in [-0.25, -0.2) is 0 Å². The molecule has 0 aromatic rings. The molecule has 1 aliphatic carbocycles. The molecule has 2 saturated heterocycles. The summed E-state index contributed by atoms with van der Waals surface area (Å²) in [6, 6.07) is 0. The van der Waals surface area contributed by atoms with Crippen LogP contribution in [0.2, 0.25) is 0 Å². The molecule has 1 N–H and O–H groups in total. The second-order valence-corrected chi connectivity index (χ2v) is 8.00. The number of nitrogens with zero attached hydrogens (tertiary/aromatic N) is 2. The summed E-state index contributed by atoms with van der Waals surface area (Å²) in [6.07, 6.45) is 3.69. The van der Waals surface area contributed by atoms with Crippen LogP contribution < -0.4 is 5.32 Å². The van der Waals surface area contributed by atoms with Gasteiger partial charge in [0.1, 0.15) is 0 Å². The third kappa shape index (κ3) is 4.28. The molecule has 6 heteroatoms. The lowest BCUT2D eigenvalue weighted by atomic mass is 9.94. The molecule has 2 heterocycles. The van der Waals surface area contributed by atoms with Gasteiger partial charge in [0, 0.05) is 50.1 Å². The molecule has 3 aliphatic rings. The molecule has 0 atom stereocenters. The first-order chi connectivity index (χ1) is 11.5. The second kappa shape index (κ2) is 7.40. The third-order valence-electron chi connectivity index (χ3n) is 5.67. The number of piperidine rings is 1. The van der Waals surface area contributed by atoms with Gasteiger partial charge in [-0.3, -0.25) is 14.5 Å². The number of amides is 2. The molecule has 3 rings (SSSR count). The van der Waals surface area contributed by atoms with Crippen molar-refractivity contribution in [1.82, 2.24) is 15.1 Å². The van der Waals surface area contributed by atoms with Gasteiger partial charge in [-0.1, -0.05) is 0 Å². The predicted octanol–water partition coefficient (Wildman–Crippen LogP) is 0.862. The summed E-state index contributed by atoms with van der Waals surface area (Å²) in [7, 11) is 0. The number of ether oxygens (including phenoxy) is 1. The molecule has 0 unspecified atom stereocenters. The number of nitrogens with one attached hydrogen (secondary N) is 1. The Morgan fingerprint density at radius 3 is 2.21 bits per heavy atom. The van der Waals surface area contributed by atoms with Gasteiger partial charge in [0.05, 0.1) is 13.2 Å². The van der Waals surface area contributed by atoms with Gasteiger partial charge < -0.3 is 15.0 Å². The van der Waals surface area contributed by atoms with Crippen LogP contribution in [0.25, 0.3) is 0 Å². The zero-order chi connectivity index (χ0) is 17.2. The van der Waals surface area contributed by atoms with Crippen molar-refractivity contribution in [3.63, 3.8) is 0 Å². The number of hydrogen-bond acceptors (Lipinski definition) is 4. The van der Waals surface area contributed by atoms with Gasteiger partial charge in [-0.15, -0.1) is 0 Å². The summed E-state index contributed by atoms with van der Waals surface area (Å²) < 4.78 is 5.40. The molecule has 24 heavy (non-hydrogen) atoms. The molecular formula is C18H31N3O3. The molecule has 0 radical (unpaired) electrons. The Hall–Kier alpha value is -1.14. The van der Waals surface area contributed by atoms with Crippen LogP contribution in [0.15, 0.2) is 0 Å². The molecule has 0 aromatic heterocycles. The summed E-state index contributed by atoms with van der Waals surface area (Å²) in [6.45, 7) is 9.86. The number of carbonyl (C=O) groups is 2. The Kier molecular flexibility index (Phi) is 5.45. The Balaban J connectivity index is 1.41. The van der Waals surface area contributed by atoms with Crippen molar-refractivity contribution < 1.29 is 14.3 Å². The Labute approximate surface area is 144 Å². The van der Waals surface area contributed by atoms with E-state index in [1.54, 1.807) is 0 Å². The Bertz CT molecular complexity index is 462. The van der Waals surface area contributed by atoms with Gasteiger partial charge >= 0.3 is 0 Å². The molecule has 3 fully saturated rings. The van der Waals surface area contributed by atoms with Crippen LogP contribution in [-0.4, -0.2) is 73.1 Å². The molecule has 6 nitrogen and oxygen atoms in total. The maximum Gasteiger partial charge on any atom is 0.225 e. The molecule has 2 amide bonds. The van der Waals surface area contributed by atoms with E-state index in [0.29, 0.717) is 12.5 Å². The van der Waals surface area contributed by atoms with E-state index in [9.17, 15) is 9.59 Å². The molecule has 136 valence electrons. The maximum atomic E-state index is 12.5. The van der Waals surface area contributed by atoms with E-state index in [0.717, 1.165) is 65.1 Å². The van der Waals surface area contributed by atoms with Crippen molar-refractivity contribution >= 4 is 11.8 Å². The zero-order valence-corrected chi connectivity index (χ0v) is 15.1. The van der Waals surface area contributed by atoms with Crippen molar-refractivity contribution in [3.8, 4) is 0 Å². The molecular weight excluding hydrogens is 306 g/mol. The van der Waals surface area contributed by atoms with E-state index < -0.39 is 0 Å². The number of morpholine rings is 1. The fourth-order valence-corrected chi connectivity index (χ4v) is 3.68. The minimum Gasteiger partial charge on any atom is -0.379 e. The predicted molar refractivity (Wildman–Crippen MR) is 91.5 cm³/mol. The first-order valence-electron chi connectivity index (χ1n) is 9.37. The Morgan fingerprint density at radius 1 is 1.00 bits per heavy atom. The van der Waals surface area contributed by atoms with Crippen LogP contribution in [-0.2, 0) is 14.3 Å². The number of hydrogen-bond donors (Lipinski definition) is 1. The smallest absolute Gasteiger partial charge is 0.225 e. The van der Waals surface area contributed by atoms with E-state index in [1.165, 1.54) is 0 Å². The lowest BCUT2D eigenvalue weighted by molar-refractivity contribution is -0.136. The van der Waals surface area contributed by atoms with Gasteiger partial charge in [0.2, 0.25) is 11.8 Å². The largest absolute Gasteiger partial charge is 0.379 e. The number of carbonyl (C=O) groups excluding carboxylic acids is 2. The first-order valence-corrected chi connectivity index (χ1v) is 9.37. The molecule has 0 aromatic carbocycles. The van der Waals surface area contributed by atoms with Crippen molar-refractivity contribution in [2.45, 2.75) is 45.1 Å². The summed E-state index contributed by atoms with van der Waals surface area (Å²) in [5, 5.41) is 3.14. The quantitative estimate of drug-likeness (QED) is 0.808. The first kappa shape index (κ1) is 17.7. The van der Waals surface area contributed by atoms with Crippen LogP contribution in [0, 0.1) is 11.8 Å². The van der Waals surface area contributed by atoms with Crippen molar-refractivity contribution in [2.75, 3.05) is 45.9 Å². The van der Waals surface area contributed by atoms with Crippen molar-refractivity contribution in [3.05, 3.63) is 0 Å². The average molecular weight is 337 g/mol. The highest BCUT2D eigenvalue weighted by Gasteiger charge is 2.36. The standard InChI is InChI=1S/C18H31N3O3/c1-18(2,21-9-11-24-12-10-21)13-19-16(22)14-5-7-20(8-6-14)17(23)15-3-4-15/h14-15H,3-13H2,1-2H3,(H,19,22). The third-order valence-corrected chi connectivity index (χ3v) is 5.67. The summed E-state index contributed by atoms with van der Waals surface area (Å²) in [4.78, 5) is 28.9. The average Bonchev–Trinajstić information content (AvgIpc) is 3.45. The lowest BCUT2D eigenvalue weighted by Crippen LogP contribution is -2.56. The van der Waals surface area contributed by atoms with Gasteiger partial charge in [-0.05, 0) is 39.5 Å². The van der Waals surface area contributed by atoms with E-state index in [4.69, 9.17) is 4.74 Å². The van der Waals surface area contributed by atoms with Crippen LogP contribution in [0.5, 0.6) is 0 Å². The molecule has 2 aliphatic heterocycles. The van der Waals surface area contributed by atoms with E-state index in [-0.39, 0.29) is 23.3 Å². The lowest BCUT2D eigenvalue weighted by Gasteiger charge is -2.41. The topological polar surface area (TPSA) is 61.9 Å². The van der Waals surface area contributed by atoms with E-state index in [2.05, 4.69) is 24.1 Å². The zero-order valence-electron chi connectivity index (χ0n) is 15.1. The highest BCUT2D eigenvalue weighted by molar-refractivity contribution is 5.82. The normalized spacial score (nSPS) is 24.0. The van der Waals surface area contributed by atoms with Gasteiger partial charge in [0.15, 0.2) is 0 Å². The van der Waals surface area contributed by atoms with Crippen molar-refractivity contribution in [2.24, 2.45) is 11.8 Å². The molecule has 0 bridgehead atoms. The minimum atomic E-state index is -0.0535. The summed E-state index contributed by atoms with van der Waals surface area (Å²) in [5.41, 5.74) is -0.0535. The van der Waals surface area contributed by atoms with Gasteiger partial charge in [0.25, 0.3) is 0 Å². The monoisotopic (exact) mass is 337 g/mol. The molecule has 0 spiro atoms. The van der Waals surface area contributed by atoms with Crippen LogP contribution >= 0.6 is 0 Å². The summed E-state index contributed by atoms with van der Waals surface area (Å²) in [5.74, 6) is 0.788. The highest BCUT2D eigenvalue weighted by atomic mass is 16.5. The van der Waals surface area contributed by atoms with E-state index >= 15 is 0 Å². The minimum absolute atomic E-state index is 0.0498. The maximum absolute atomic E-state index is 12.5. The van der Waals surface area contributed by atoms with E-state index in [1.807, 2.05) is 4.90 Å². The fourth-order valence-electron chi connectivity index (χ4n) is 3.68. The van der Waals surface area contributed by atoms with Gasteiger partial charge in [-0.2, -0.15) is 0 Å². The fraction of sp³-hybridized carbons (Fsp3) is 0.889. The summed E-state index contributed by atoms with van der Waals surface area (Å²) >= 11 is 0. The van der Waals surface area contributed by atoms with Crippen molar-refractivity contribution in [1.29, 1.82) is 0 Å². The Morgan fingerprint density at radius 2 is 1.62 bits per heavy atom. The highest BCUT2D eigenvalue weighted by Crippen LogP contribution is 2.32. The van der Waals surface area contributed by atoms with Crippen LogP contribution in [0.1, 0.15) is 39.5 Å². The second-order valence-electron chi connectivity index (χ2n) is 8.00. The SMILES string of the molecule is CC(C)(CNC(=O)C1CCN(C(=O)C2CC2)CC1)N1CCOCC1. The number of rotatable bonds is 5. The van der Waals surface area contributed by atoms with Crippen LogP contribution in [0.4, 0.5) is 0 Å². The number of likely N-dealkylation sites (tertiary alicyclic amines) is 1. The van der Waals surface area contributed by atoms with Crippen LogP contribution in [0.3, 0.4) is 0 Å². The molecule has 1 saturated carbocycles.